The number of hydrogen-bond donors (Lipinski definition) is 0. The number of ether oxygens (including phenoxy) is 1. The average Bonchev–Trinajstić information content (AvgIpc) is 2.47. The molecular weight excluding hydrogens is 272 g/mol. The number of carbonyl (C=O) groups is 1. The molecule has 0 aliphatic rings. The van der Waals surface area contributed by atoms with Crippen LogP contribution in [0.1, 0.15) is 29.3 Å². The molecule has 0 aliphatic heterocycles. The van der Waals surface area contributed by atoms with Gasteiger partial charge in [-0.1, -0.05) is 54.1 Å². The Kier molecular flexibility index (Phi) is 5.33. The zero-order valence-electron chi connectivity index (χ0n) is 11.4. The number of ketones is 1. The van der Waals surface area contributed by atoms with Crippen LogP contribution in [0.3, 0.4) is 0 Å². The molecule has 2 nitrogen and oxygen atoms in total. The van der Waals surface area contributed by atoms with Crippen molar-refractivity contribution in [1.29, 1.82) is 0 Å². The van der Waals surface area contributed by atoms with Crippen LogP contribution in [-0.4, -0.2) is 11.9 Å². The summed E-state index contributed by atoms with van der Waals surface area (Å²) in [6.45, 7) is 2.40. The van der Waals surface area contributed by atoms with E-state index in [1.54, 1.807) is 0 Å². The lowest BCUT2D eigenvalue weighted by Gasteiger charge is -2.12. The molecule has 1 unspecified atom stereocenters. The first-order chi connectivity index (χ1) is 9.65. The lowest BCUT2D eigenvalue weighted by Crippen LogP contribution is -2.14. The van der Waals surface area contributed by atoms with Gasteiger partial charge in [0.2, 0.25) is 0 Å². The molecule has 0 heterocycles. The van der Waals surface area contributed by atoms with Crippen molar-refractivity contribution in [1.82, 2.24) is 0 Å². The van der Waals surface area contributed by atoms with Crippen molar-refractivity contribution in [2.24, 2.45) is 0 Å². The molecule has 0 spiro atoms. The summed E-state index contributed by atoms with van der Waals surface area (Å²) in [6, 6.07) is 16.8. The molecule has 1 atom stereocenters. The summed E-state index contributed by atoms with van der Waals surface area (Å²) in [5.74, 6) is 0.106. The Morgan fingerprint density at radius 1 is 1.10 bits per heavy atom. The summed E-state index contributed by atoms with van der Waals surface area (Å²) in [5.41, 5.74) is 1.78. The van der Waals surface area contributed by atoms with Gasteiger partial charge in [0.15, 0.2) is 5.78 Å². The van der Waals surface area contributed by atoms with E-state index in [-0.39, 0.29) is 11.9 Å². The van der Waals surface area contributed by atoms with E-state index in [9.17, 15) is 4.79 Å². The maximum atomic E-state index is 12.0. The number of Topliss-reactive ketones (excluding diaryl/α,β-unsaturated/α-hetero) is 1. The summed E-state index contributed by atoms with van der Waals surface area (Å²) in [4.78, 5) is 12.0. The maximum absolute atomic E-state index is 12.0. The number of rotatable bonds is 6. The van der Waals surface area contributed by atoms with E-state index in [1.165, 1.54) is 0 Å². The van der Waals surface area contributed by atoms with Crippen LogP contribution in [0.4, 0.5) is 0 Å². The summed E-state index contributed by atoms with van der Waals surface area (Å²) in [5, 5.41) is 0.709. The molecule has 3 heteroatoms. The minimum atomic E-state index is -0.113. The van der Waals surface area contributed by atoms with Crippen LogP contribution < -0.4 is 0 Å². The van der Waals surface area contributed by atoms with Gasteiger partial charge in [0.25, 0.3) is 0 Å². The van der Waals surface area contributed by atoms with Crippen molar-refractivity contribution in [3.8, 4) is 0 Å². The molecule has 104 valence electrons. The van der Waals surface area contributed by atoms with Crippen LogP contribution in [-0.2, 0) is 11.3 Å². The first-order valence-corrected chi connectivity index (χ1v) is 6.97. The molecule has 0 saturated carbocycles. The Hall–Kier alpha value is -1.64. The number of halogens is 1. The number of hydrogen-bond acceptors (Lipinski definition) is 2. The van der Waals surface area contributed by atoms with Gasteiger partial charge in [0, 0.05) is 17.0 Å². The van der Waals surface area contributed by atoms with E-state index in [0.29, 0.717) is 18.1 Å². The van der Waals surface area contributed by atoms with E-state index in [0.717, 1.165) is 11.1 Å². The third-order valence-corrected chi connectivity index (χ3v) is 3.27. The van der Waals surface area contributed by atoms with Gasteiger partial charge in [-0.3, -0.25) is 4.79 Å². The summed E-state index contributed by atoms with van der Waals surface area (Å²) >= 11 is 5.83. The van der Waals surface area contributed by atoms with Gasteiger partial charge in [0.1, 0.15) is 0 Å². The molecule has 0 N–H and O–H groups in total. The minimum absolute atomic E-state index is 0.106. The number of carbonyl (C=O) groups excluding carboxylic acids is 1. The third kappa shape index (κ3) is 4.48. The van der Waals surface area contributed by atoms with E-state index in [4.69, 9.17) is 16.3 Å². The maximum Gasteiger partial charge on any atom is 0.165 e. The summed E-state index contributed by atoms with van der Waals surface area (Å²) in [7, 11) is 0. The smallest absolute Gasteiger partial charge is 0.165 e. The van der Waals surface area contributed by atoms with Crippen LogP contribution in [0, 0.1) is 0 Å². The average molecular weight is 289 g/mol. The molecule has 0 aliphatic carbocycles. The summed E-state index contributed by atoms with van der Waals surface area (Å²) < 4.78 is 5.70. The molecule has 0 bridgehead atoms. The van der Waals surface area contributed by atoms with Crippen LogP contribution in [0.25, 0.3) is 0 Å². The Bertz CT molecular complexity index is 549. The second-order valence-electron chi connectivity index (χ2n) is 4.74. The van der Waals surface area contributed by atoms with Crippen LogP contribution in [0.15, 0.2) is 54.6 Å². The van der Waals surface area contributed by atoms with Crippen LogP contribution in [0.5, 0.6) is 0 Å². The second-order valence-corrected chi connectivity index (χ2v) is 5.18. The van der Waals surface area contributed by atoms with Crippen molar-refractivity contribution in [2.45, 2.75) is 26.1 Å². The second kappa shape index (κ2) is 7.22. The zero-order chi connectivity index (χ0) is 14.4. The zero-order valence-corrected chi connectivity index (χ0v) is 12.1. The molecule has 0 saturated heterocycles. The largest absolute Gasteiger partial charge is 0.373 e. The van der Waals surface area contributed by atoms with Crippen LogP contribution >= 0.6 is 11.6 Å². The van der Waals surface area contributed by atoms with Gasteiger partial charge >= 0.3 is 0 Å². The highest BCUT2D eigenvalue weighted by molar-refractivity contribution is 6.30. The van der Waals surface area contributed by atoms with E-state index >= 15 is 0 Å². The lowest BCUT2D eigenvalue weighted by molar-refractivity contribution is 0.0444. The predicted octanol–water partition coefficient (Wildman–Crippen LogP) is 4.52. The molecule has 2 aromatic rings. The van der Waals surface area contributed by atoms with E-state index in [1.807, 2.05) is 61.5 Å². The van der Waals surface area contributed by atoms with Gasteiger partial charge in [-0.2, -0.15) is 0 Å². The monoisotopic (exact) mass is 288 g/mol. The molecular formula is C17H17ClO2. The fraction of sp³-hybridized carbons (Fsp3) is 0.235. The molecule has 2 rings (SSSR count). The highest BCUT2D eigenvalue weighted by Gasteiger charge is 2.11. The first kappa shape index (κ1) is 14.8. The number of benzene rings is 2. The van der Waals surface area contributed by atoms with Crippen molar-refractivity contribution < 1.29 is 9.53 Å². The van der Waals surface area contributed by atoms with E-state index in [2.05, 4.69) is 0 Å². The van der Waals surface area contributed by atoms with Crippen molar-refractivity contribution in [2.75, 3.05) is 0 Å². The third-order valence-electron chi connectivity index (χ3n) is 3.02. The fourth-order valence-corrected chi connectivity index (χ4v) is 2.01. The quantitative estimate of drug-likeness (QED) is 0.731. The fourth-order valence-electron chi connectivity index (χ4n) is 1.88. The molecule has 0 aromatic heterocycles. The highest BCUT2D eigenvalue weighted by atomic mass is 35.5. The molecule has 0 fully saturated rings. The predicted molar refractivity (Wildman–Crippen MR) is 81.1 cm³/mol. The topological polar surface area (TPSA) is 26.3 Å². The SMILES string of the molecule is CC(CC(=O)c1ccccc1)OCc1ccc(Cl)cc1. The standard InChI is InChI=1S/C17H17ClO2/c1-13(11-17(19)15-5-3-2-4-6-15)20-12-14-7-9-16(18)10-8-14/h2-10,13H,11-12H2,1H3. The van der Waals surface area contributed by atoms with Gasteiger partial charge in [0.05, 0.1) is 12.7 Å². The Balaban J connectivity index is 1.82. The van der Waals surface area contributed by atoms with Gasteiger partial charge in [-0.05, 0) is 24.6 Å². The minimum Gasteiger partial charge on any atom is -0.373 e. The molecule has 20 heavy (non-hydrogen) atoms. The molecule has 0 radical (unpaired) electrons. The van der Waals surface area contributed by atoms with E-state index < -0.39 is 0 Å². The van der Waals surface area contributed by atoms with Gasteiger partial charge in [-0.15, -0.1) is 0 Å². The Morgan fingerprint density at radius 3 is 2.40 bits per heavy atom. The van der Waals surface area contributed by atoms with Gasteiger partial charge < -0.3 is 4.74 Å². The van der Waals surface area contributed by atoms with Crippen molar-refractivity contribution in [3.05, 3.63) is 70.7 Å². The molecule has 0 amide bonds. The Morgan fingerprint density at radius 2 is 1.75 bits per heavy atom. The Labute approximate surface area is 124 Å². The van der Waals surface area contributed by atoms with Crippen molar-refractivity contribution >= 4 is 17.4 Å². The highest BCUT2D eigenvalue weighted by Crippen LogP contribution is 2.13. The van der Waals surface area contributed by atoms with Gasteiger partial charge in [-0.25, -0.2) is 0 Å². The lowest BCUT2D eigenvalue weighted by atomic mass is 10.1. The van der Waals surface area contributed by atoms with Crippen molar-refractivity contribution in [3.63, 3.8) is 0 Å². The van der Waals surface area contributed by atoms with Crippen LogP contribution in [0.2, 0.25) is 5.02 Å². The molecule has 2 aromatic carbocycles. The normalized spacial score (nSPS) is 12.1. The summed E-state index contributed by atoms with van der Waals surface area (Å²) in [6.07, 6.45) is 0.274. The first-order valence-electron chi connectivity index (χ1n) is 6.59.